The molecule has 202 valence electrons. The van der Waals surface area contributed by atoms with E-state index < -0.39 is 28.5 Å². The minimum Gasteiger partial charge on any atom is -0.497 e. The molecule has 0 unspecified atom stereocenters. The van der Waals surface area contributed by atoms with Crippen LogP contribution in [0.1, 0.15) is 44.6 Å². The fourth-order valence-electron chi connectivity index (χ4n) is 4.65. The number of methoxy groups -OCH3 is 2. The van der Waals surface area contributed by atoms with Crippen LogP contribution in [0, 0.1) is 0 Å². The van der Waals surface area contributed by atoms with Crippen molar-refractivity contribution in [3.8, 4) is 11.5 Å². The molecule has 0 aromatic heterocycles. The maximum Gasteiger partial charge on any atom is 0.244 e. The zero-order valence-corrected chi connectivity index (χ0v) is 22.8. The molecule has 0 heterocycles. The fourth-order valence-corrected chi connectivity index (χ4v) is 5.51. The van der Waals surface area contributed by atoms with E-state index in [2.05, 4.69) is 5.32 Å². The molecule has 0 saturated heterocycles. The van der Waals surface area contributed by atoms with Crippen LogP contribution >= 0.6 is 0 Å². The fraction of sp³-hybridized carbons (Fsp3) is 0.481. The molecule has 0 spiro atoms. The number of nitrogens with zero attached hydrogens (tertiary/aromatic N) is 2. The second-order valence-corrected chi connectivity index (χ2v) is 11.1. The summed E-state index contributed by atoms with van der Waals surface area (Å²) in [6.45, 7) is 1.54. The minimum atomic E-state index is -3.88. The van der Waals surface area contributed by atoms with E-state index in [9.17, 15) is 18.0 Å². The Bertz CT molecular complexity index is 1170. The average Bonchev–Trinajstić information content (AvgIpc) is 3.39. The van der Waals surface area contributed by atoms with Crippen molar-refractivity contribution in [1.82, 2.24) is 10.2 Å². The van der Waals surface area contributed by atoms with Gasteiger partial charge in [-0.05, 0) is 37.0 Å². The summed E-state index contributed by atoms with van der Waals surface area (Å²) >= 11 is 0. The van der Waals surface area contributed by atoms with Gasteiger partial charge in [-0.1, -0.05) is 50.1 Å². The minimum absolute atomic E-state index is 0.103. The summed E-state index contributed by atoms with van der Waals surface area (Å²) in [6.07, 6.45) is 5.42. The lowest BCUT2D eigenvalue weighted by atomic mass is 10.1. The van der Waals surface area contributed by atoms with Crippen molar-refractivity contribution >= 4 is 27.5 Å². The maximum atomic E-state index is 13.8. The van der Waals surface area contributed by atoms with E-state index in [0.717, 1.165) is 41.8 Å². The molecule has 1 aliphatic carbocycles. The molecular formula is C27H37N3O6S. The number of carbonyl (C=O) groups excluding carboxylic acids is 2. The highest BCUT2D eigenvalue weighted by atomic mass is 32.2. The van der Waals surface area contributed by atoms with Gasteiger partial charge in [-0.3, -0.25) is 13.9 Å². The lowest BCUT2D eigenvalue weighted by Crippen LogP contribution is -2.53. The number of hydrogen-bond acceptors (Lipinski definition) is 6. The average molecular weight is 532 g/mol. The molecule has 0 aliphatic heterocycles. The number of rotatable bonds is 12. The van der Waals surface area contributed by atoms with Gasteiger partial charge >= 0.3 is 0 Å². The lowest BCUT2D eigenvalue weighted by molar-refractivity contribution is -0.140. The summed E-state index contributed by atoms with van der Waals surface area (Å²) in [7, 11) is -0.964. The van der Waals surface area contributed by atoms with Gasteiger partial charge in [-0.25, -0.2) is 8.42 Å². The molecular weight excluding hydrogens is 494 g/mol. The Hall–Kier alpha value is -3.27. The predicted octanol–water partition coefficient (Wildman–Crippen LogP) is 3.34. The highest BCUT2D eigenvalue weighted by Crippen LogP contribution is 2.33. The molecule has 2 amide bonds. The number of sulfonamides is 1. The second kappa shape index (κ2) is 12.8. The van der Waals surface area contributed by atoms with Gasteiger partial charge in [0.1, 0.15) is 24.1 Å². The molecule has 0 bridgehead atoms. The van der Waals surface area contributed by atoms with Crippen LogP contribution in [0.4, 0.5) is 5.69 Å². The zero-order valence-electron chi connectivity index (χ0n) is 22.0. The molecule has 10 heteroatoms. The van der Waals surface area contributed by atoms with Gasteiger partial charge in [-0.15, -0.1) is 0 Å². The van der Waals surface area contributed by atoms with E-state index in [1.807, 2.05) is 37.3 Å². The Labute approximate surface area is 219 Å². The molecule has 9 nitrogen and oxygen atoms in total. The van der Waals surface area contributed by atoms with Crippen molar-refractivity contribution in [2.45, 2.75) is 57.7 Å². The Morgan fingerprint density at radius 2 is 1.73 bits per heavy atom. The summed E-state index contributed by atoms with van der Waals surface area (Å²) < 4.78 is 37.4. The molecule has 1 saturated carbocycles. The molecule has 1 N–H and O–H groups in total. The van der Waals surface area contributed by atoms with Crippen LogP contribution in [0.25, 0.3) is 0 Å². The van der Waals surface area contributed by atoms with Crippen LogP contribution in [0.3, 0.4) is 0 Å². The first kappa shape index (κ1) is 28.3. The van der Waals surface area contributed by atoms with Crippen molar-refractivity contribution in [2.75, 3.05) is 31.3 Å². The molecule has 2 aromatic carbocycles. The molecule has 37 heavy (non-hydrogen) atoms. The highest BCUT2D eigenvalue weighted by Gasteiger charge is 2.33. The zero-order chi connectivity index (χ0) is 27.0. The van der Waals surface area contributed by atoms with Crippen LogP contribution in [0.5, 0.6) is 11.5 Å². The molecule has 2 aromatic rings. The number of ether oxygens (including phenoxy) is 2. The van der Waals surface area contributed by atoms with Crippen molar-refractivity contribution in [3.05, 3.63) is 54.1 Å². The number of nitrogens with one attached hydrogen (secondary N) is 1. The van der Waals surface area contributed by atoms with Crippen LogP contribution in [-0.2, 0) is 26.2 Å². The largest absolute Gasteiger partial charge is 0.497 e. The standard InChI is InChI=1S/C27H37N3O6S/c1-5-23(27(32)28-21-13-9-10-14-21)29(18-20-11-7-6-8-12-20)26(31)19-30(37(4,33)34)24-16-15-22(35-2)17-25(24)36-3/h6-8,11-12,15-17,21,23H,5,9-10,13-14,18-19H2,1-4H3,(H,28,32)/t23-/m0/s1. The van der Waals surface area contributed by atoms with E-state index in [1.165, 1.54) is 25.2 Å². The first-order valence-corrected chi connectivity index (χ1v) is 14.4. The normalized spacial score (nSPS) is 14.6. The smallest absolute Gasteiger partial charge is 0.244 e. The first-order chi connectivity index (χ1) is 17.7. The lowest BCUT2D eigenvalue weighted by Gasteiger charge is -2.33. The Balaban J connectivity index is 1.95. The Morgan fingerprint density at radius 1 is 1.05 bits per heavy atom. The quantitative estimate of drug-likeness (QED) is 0.451. The number of anilines is 1. The third-order valence-electron chi connectivity index (χ3n) is 6.62. The first-order valence-electron chi connectivity index (χ1n) is 12.5. The van der Waals surface area contributed by atoms with Gasteiger partial charge in [0.15, 0.2) is 0 Å². The van der Waals surface area contributed by atoms with Crippen molar-refractivity contribution in [1.29, 1.82) is 0 Å². The number of carbonyl (C=O) groups is 2. The van der Waals surface area contributed by atoms with Gasteiger partial charge < -0.3 is 19.7 Å². The number of hydrogen-bond donors (Lipinski definition) is 1. The maximum absolute atomic E-state index is 13.8. The SMILES string of the molecule is CC[C@@H](C(=O)NC1CCCC1)N(Cc1ccccc1)C(=O)CN(c1ccc(OC)cc1OC)S(C)(=O)=O. The van der Waals surface area contributed by atoms with Crippen molar-refractivity contribution in [3.63, 3.8) is 0 Å². The summed E-state index contributed by atoms with van der Waals surface area (Å²) in [5.74, 6) is 0.0334. The van der Waals surface area contributed by atoms with E-state index in [0.29, 0.717) is 12.2 Å². The predicted molar refractivity (Wildman–Crippen MR) is 143 cm³/mol. The van der Waals surface area contributed by atoms with E-state index in [1.54, 1.807) is 12.1 Å². The third-order valence-corrected chi connectivity index (χ3v) is 7.74. The molecule has 0 radical (unpaired) electrons. The van der Waals surface area contributed by atoms with Gasteiger partial charge in [0, 0.05) is 18.7 Å². The molecule has 1 fully saturated rings. The van der Waals surface area contributed by atoms with Gasteiger partial charge in [0.2, 0.25) is 21.8 Å². The van der Waals surface area contributed by atoms with Crippen molar-refractivity contribution in [2.24, 2.45) is 0 Å². The second-order valence-electron chi connectivity index (χ2n) is 9.23. The molecule has 1 aliphatic rings. The van der Waals surface area contributed by atoms with Gasteiger partial charge in [0.05, 0.1) is 26.2 Å². The van der Waals surface area contributed by atoms with E-state index in [-0.39, 0.29) is 29.9 Å². The van der Waals surface area contributed by atoms with Gasteiger partial charge in [0.25, 0.3) is 0 Å². The topological polar surface area (TPSA) is 105 Å². The summed E-state index contributed by atoms with van der Waals surface area (Å²) in [5, 5.41) is 3.10. The number of benzene rings is 2. The van der Waals surface area contributed by atoms with Gasteiger partial charge in [-0.2, -0.15) is 0 Å². The summed E-state index contributed by atoms with van der Waals surface area (Å²) in [5.41, 5.74) is 1.05. The van der Waals surface area contributed by atoms with E-state index in [4.69, 9.17) is 9.47 Å². The highest BCUT2D eigenvalue weighted by molar-refractivity contribution is 7.92. The van der Waals surface area contributed by atoms with Crippen LogP contribution in [0.2, 0.25) is 0 Å². The Kier molecular flexibility index (Phi) is 9.79. The summed E-state index contributed by atoms with van der Waals surface area (Å²) in [4.78, 5) is 28.6. The van der Waals surface area contributed by atoms with E-state index >= 15 is 0 Å². The molecule has 1 atom stereocenters. The monoisotopic (exact) mass is 531 g/mol. The van der Waals surface area contributed by atoms with Crippen LogP contribution < -0.4 is 19.1 Å². The van der Waals surface area contributed by atoms with Crippen molar-refractivity contribution < 1.29 is 27.5 Å². The summed E-state index contributed by atoms with van der Waals surface area (Å²) in [6, 6.07) is 13.4. The van der Waals surface area contributed by atoms with Crippen LogP contribution in [0.15, 0.2) is 48.5 Å². The third kappa shape index (κ3) is 7.38. The molecule has 3 rings (SSSR count). The Morgan fingerprint density at radius 3 is 2.30 bits per heavy atom. The number of amides is 2. The van der Waals surface area contributed by atoms with Crippen LogP contribution in [-0.4, -0.2) is 64.2 Å².